The van der Waals surface area contributed by atoms with Crippen LogP contribution in [0.2, 0.25) is 0 Å². The van der Waals surface area contributed by atoms with Gasteiger partial charge < -0.3 is 0 Å². The van der Waals surface area contributed by atoms with Gasteiger partial charge in [0.25, 0.3) is 0 Å². The largest absolute Gasteiger partial charge is 0.294 e. The SMILES string of the molecule is Cc1cccc(C(=O)Cc2cc(C)nn2C)c1. The fourth-order valence-electron chi connectivity index (χ4n) is 1.91. The van der Waals surface area contributed by atoms with Gasteiger partial charge in [0.1, 0.15) is 0 Å². The predicted molar refractivity (Wildman–Crippen MR) is 67.2 cm³/mol. The van der Waals surface area contributed by atoms with Crippen molar-refractivity contribution in [1.82, 2.24) is 9.78 Å². The summed E-state index contributed by atoms with van der Waals surface area (Å²) in [6, 6.07) is 9.64. The van der Waals surface area contributed by atoms with Crippen molar-refractivity contribution in [2.75, 3.05) is 0 Å². The van der Waals surface area contributed by atoms with Crippen molar-refractivity contribution in [3.05, 3.63) is 52.8 Å². The van der Waals surface area contributed by atoms with E-state index in [0.717, 1.165) is 22.5 Å². The maximum Gasteiger partial charge on any atom is 0.168 e. The number of benzene rings is 1. The Labute approximate surface area is 101 Å². The number of carbonyl (C=O) groups excluding carboxylic acids is 1. The molecule has 0 bridgehead atoms. The lowest BCUT2D eigenvalue weighted by Gasteiger charge is -2.02. The Morgan fingerprint density at radius 1 is 1.29 bits per heavy atom. The first-order valence-electron chi connectivity index (χ1n) is 5.65. The van der Waals surface area contributed by atoms with E-state index in [9.17, 15) is 4.79 Å². The fourth-order valence-corrected chi connectivity index (χ4v) is 1.91. The number of aromatic nitrogens is 2. The van der Waals surface area contributed by atoms with Crippen LogP contribution in [0.3, 0.4) is 0 Å². The summed E-state index contributed by atoms with van der Waals surface area (Å²) in [6.07, 6.45) is 0.404. The molecule has 1 aromatic heterocycles. The number of aryl methyl sites for hydroxylation is 3. The van der Waals surface area contributed by atoms with Crippen molar-refractivity contribution in [1.29, 1.82) is 0 Å². The molecule has 3 nitrogen and oxygen atoms in total. The predicted octanol–water partition coefficient (Wildman–Crippen LogP) is 2.46. The molecule has 0 aliphatic rings. The topological polar surface area (TPSA) is 34.9 Å². The maximum atomic E-state index is 12.1. The molecule has 0 saturated carbocycles. The summed E-state index contributed by atoms with van der Waals surface area (Å²) >= 11 is 0. The molecule has 0 amide bonds. The first kappa shape index (κ1) is 11.6. The maximum absolute atomic E-state index is 12.1. The number of rotatable bonds is 3. The van der Waals surface area contributed by atoms with Crippen molar-refractivity contribution in [3.8, 4) is 0 Å². The van der Waals surface area contributed by atoms with Gasteiger partial charge in [0.15, 0.2) is 5.78 Å². The van der Waals surface area contributed by atoms with E-state index in [1.54, 1.807) is 4.68 Å². The van der Waals surface area contributed by atoms with E-state index in [-0.39, 0.29) is 5.78 Å². The van der Waals surface area contributed by atoms with Gasteiger partial charge in [-0.15, -0.1) is 0 Å². The summed E-state index contributed by atoms with van der Waals surface area (Å²) in [5, 5.41) is 4.24. The lowest BCUT2D eigenvalue weighted by molar-refractivity contribution is 0.0990. The Bertz CT molecular complexity index is 555. The van der Waals surface area contributed by atoms with E-state index in [0.29, 0.717) is 6.42 Å². The lowest BCUT2D eigenvalue weighted by Crippen LogP contribution is -2.07. The monoisotopic (exact) mass is 228 g/mol. The van der Waals surface area contributed by atoms with Gasteiger partial charge >= 0.3 is 0 Å². The second-order valence-corrected chi connectivity index (χ2v) is 4.37. The van der Waals surface area contributed by atoms with E-state index < -0.39 is 0 Å². The summed E-state index contributed by atoms with van der Waals surface area (Å²) in [6.45, 7) is 3.92. The molecule has 17 heavy (non-hydrogen) atoms. The quantitative estimate of drug-likeness (QED) is 0.756. The smallest absolute Gasteiger partial charge is 0.168 e. The van der Waals surface area contributed by atoms with E-state index in [2.05, 4.69) is 5.10 Å². The average Bonchev–Trinajstić information content (AvgIpc) is 2.57. The highest BCUT2D eigenvalue weighted by Crippen LogP contribution is 2.10. The Morgan fingerprint density at radius 3 is 2.65 bits per heavy atom. The molecule has 0 unspecified atom stereocenters. The minimum atomic E-state index is 0.136. The van der Waals surface area contributed by atoms with Crippen LogP contribution < -0.4 is 0 Å². The van der Waals surface area contributed by atoms with Crippen LogP contribution in [-0.2, 0) is 13.5 Å². The zero-order valence-corrected chi connectivity index (χ0v) is 10.4. The number of carbonyl (C=O) groups is 1. The van der Waals surface area contributed by atoms with Crippen LogP contribution in [0.25, 0.3) is 0 Å². The van der Waals surface area contributed by atoms with E-state index in [1.807, 2.05) is 51.2 Å². The molecule has 1 heterocycles. The summed E-state index contributed by atoms with van der Waals surface area (Å²) in [5.41, 5.74) is 3.77. The van der Waals surface area contributed by atoms with E-state index in [4.69, 9.17) is 0 Å². The Morgan fingerprint density at radius 2 is 2.06 bits per heavy atom. The molecule has 0 saturated heterocycles. The highest BCUT2D eigenvalue weighted by Gasteiger charge is 2.10. The molecule has 2 aromatic rings. The van der Waals surface area contributed by atoms with Crippen LogP contribution in [0.1, 0.15) is 27.3 Å². The number of hydrogen-bond acceptors (Lipinski definition) is 2. The molecule has 0 fully saturated rings. The fraction of sp³-hybridized carbons (Fsp3) is 0.286. The summed E-state index contributed by atoms with van der Waals surface area (Å²) in [7, 11) is 1.87. The summed E-state index contributed by atoms with van der Waals surface area (Å²) in [4.78, 5) is 12.1. The lowest BCUT2D eigenvalue weighted by atomic mass is 10.0. The van der Waals surface area contributed by atoms with E-state index in [1.165, 1.54) is 0 Å². The number of Topliss-reactive ketones (excluding diaryl/α,β-unsaturated/α-hetero) is 1. The van der Waals surface area contributed by atoms with Crippen molar-refractivity contribution in [2.45, 2.75) is 20.3 Å². The third kappa shape index (κ3) is 2.61. The molecule has 88 valence electrons. The van der Waals surface area contributed by atoms with Crippen LogP contribution in [0, 0.1) is 13.8 Å². The molecule has 0 spiro atoms. The molecule has 0 radical (unpaired) electrons. The molecule has 2 rings (SSSR count). The standard InChI is InChI=1S/C14H16N2O/c1-10-5-4-6-12(7-10)14(17)9-13-8-11(2)15-16(13)3/h4-8H,9H2,1-3H3. The molecule has 0 aliphatic heterocycles. The molecule has 3 heteroatoms. The number of nitrogens with zero attached hydrogens (tertiary/aromatic N) is 2. The van der Waals surface area contributed by atoms with Crippen molar-refractivity contribution in [3.63, 3.8) is 0 Å². The van der Waals surface area contributed by atoms with Gasteiger partial charge in [-0.1, -0.05) is 23.8 Å². The Hall–Kier alpha value is -1.90. The van der Waals surface area contributed by atoms with Crippen LogP contribution in [0.15, 0.2) is 30.3 Å². The molecule has 0 N–H and O–H groups in total. The second kappa shape index (κ2) is 4.53. The van der Waals surface area contributed by atoms with Crippen LogP contribution in [-0.4, -0.2) is 15.6 Å². The van der Waals surface area contributed by atoms with Crippen LogP contribution in [0.5, 0.6) is 0 Å². The highest BCUT2D eigenvalue weighted by atomic mass is 16.1. The Kier molecular flexibility index (Phi) is 3.09. The Balaban J connectivity index is 2.20. The van der Waals surface area contributed by atoms with Crippen LogP contribution >= 0.6 is 0 Å². The highest BCUT2D eigenvalue weighted by molar-refractivity contribution is 5.97. The second-order valence-electron chi connectivity index (χ2n) is 4.37. The first-order chi connectivity index (χ1) is 8.06. The zero-order valence-electron chi connectivity index (χ0n) is 10.4. The minimum Gasteiger partial charge on any atom is -0.294 e. The van der Waals surface area contributed by atoms with Gasteiger partial charge in [-0.3, -0.25) is 9.48 Å². The van der Waals surface area contributed by atoms with Gasteiger partial charge in [0.05, 0.1) is 12.1 Å². The number of ketones is 1. The van der Waals surface area contributed by atoms with Crippen molar-refractivity contribution < 1.29 is 4.79 Å². The van der Waals surface area contributed by atoms with Gasteiger partial charge in [0, 0.05) is 18.3 Å². The normalized spacial score (nSPS) is 10.5. The first-order valence-corrected chi connectivity index (χ1v) is 5.65. The van der Waals surface area contributed by atoms with E-state index >= 15 is 0 Å². The van der Waals surface area contributed by atoms with Gasteiger partial charge in [-0.2, -0.15) is 5.10 Å². The molecule has 0 atom stereocenters. The molecular weight excluding hydrogens is 212 g/mol. The van der Waals surface area contributed by atoms with Gasteiger partial charge in [-0.05, 0) is 26.0 Å². The van der Waals surface area contributed by atoms with Crippen LogP contribution in [0.4, 0.5) is 0 Å². The minimum absolute atomic E-state index is 0.136. The summed E-state index contributed by atoms with van der Waals surface area (Å²) in [5.74, 6) is 0.136. The summed E-state index contributed by atoms with van der Waals surface area (Å²) < 4.78 is 1.77. The zero-order chi connectivity index (χ0) is 12.4. The van der Waals surface area contributed by atoms with Gasteiger partial charge in [0.2, 0.25) is 0 Å². The third-order valence-corrected chi connectivity index (χ3v) is 2.78. The molecule has 0 aliphatic carbocycles. The van der Waals surface area contributed by atoms with Gasteiger partial charge in [-0.25, -0.2) is 0 Å². The van der Waals surface area contributed by atoms with Crippen molar-refractivity contribution >= 4 is 5.78 Å². The third-order valence-electron chi connectivity index (χ3n) is 2.78. The average molecular weight is 228 g/mol. The number of hydrogen-bond donors (Lipinski definition) is 0. The van der Waals surface area contributed by atoms with Crippen molar-refractivity contribution in [2.24, 2.45) is 7.05 Å². The molecular formula is C14H16N2O. The molecule has 1 aromatic carbocycles.